The molecule has 1 aromatic heterocycles. The Labute approximate surface area is 102 Å². The molecule has 0 unspecified atom stereocenters. The first-order valence-electron chi connectivity index (χ1n) is 6.55. The minimum atomic E-state index is 0.730. The smallest absolute Gasteiger partial charge is 0.137 e. The minimum Gasteiger partial charge on any atom is -0.373 e. The molecule has 0 amide bonds. The Morgan fingerprint density at radius 3 is 2.65 bits per heavy atom. The van der Waals surface area contributed by atoms with Gasteiger partial charge in [0.1, 0.15) is 18.0 Å². The third-order valence-electron chi connectivity index (χ3n) is 3.71. The highest BCUT2D eigenvalue weighted by Gasteiger charge is 2.35. The molecule has 0 atom stereocenters. The monoisotopic (exact) mass is 232 g/mol. The lowest BCUT2D eigenvalue weighted by Gasteiger charge is -2.25. The molecule has 4 heteroatoms. The van der Waals surface area contributed by atoms with E-state index in [1.807, 2.05) is 7.05 Å². The van der Waals surface area contributed by atoms with Crippen molar-refractivity contribution >= 4 is 11.6 Å². The largest absolute Gasteiger partial charge is 0.373 e. The van der Waals surface area contributed by atoms with Gasteiger partial charge in [-0.3, -0.25) is 0 Å². The van der Waals surface area contributed by atoms with Crippen LogP contribution in [0.2, 0.25) is 0 Å². The van der Waals surface area contributed by atoms with Gasteiger partial charge in [0, 0.05) is 25.2 Å². The third kappa shape index (κ3) is 2.21. The van der Waals surface area contributed by atoms with Gasteiger partial charge in [0.2, 0.25) is 0 Å². The van der Waals surface area contributed by atoms with E-state index < -0.39 is 0 Å². The number of anilines is 2. The van der Waals surface area contributed by atoms with Gasteiger partial charge in [0.25, 0.3) is 0 Å². The molecule has 1 N–H and O–H groups in total. The first-order chi connectivity index (χ1) is 8.29. The van der Waals surface area contributed by atoms with Crippen LogP contribution in [0.15, 0.2) is 6.33 Å². The van der Waals surface area contributed by atoms with Gasteiger partial charge in [-0.1, -0.05) is 0 Å². The van der Waals surface area contributed by atoms with E-state index in [4.69, 9.17) is 0 Å². The molecular formula is C13H20N4. The lowest BCUT2D eigenvalue weighted by molar-refractivity contribution is 0.705. The van der Waals surface area contributed by atoms with E-state index in [0.717, 1.165) is 23.6 Å². The Morgan fingerprint density at radius 2 is 2.06 bits per heavy atom. The van der Waals surface area contributed by atoms with Gasteiger partial charge >= 0.3 is 0 Å². The molecule has 0 spiro atoms. The molecule has 2 aliphatic carbocycles. The highest BCUT2D eigenvalue weighted by molar-refractivity contribution is 5.58. The molecule has 17 heavy (non-hydrogen) atoms. The summed E-state index contributed by atoms with van der Waals surface area (Å²) in [5, 5.41) is 3.14. The van der Waals surface area contributed by atoms with E-state index in [-0.39, 0.29) is 0 Å². The van der Waals surface area contributed by atoms with Crippen LogP contribution in [0.5, 0.6) is 0 Å². The fourth-order valence-electron chi connectivity index (χ4n) is 2.36. The van der Waals surface area contributed by atoms with E-state index >= 15 is 0 Å². The van der Waals surface area contributed by atoms with Crippen LogP contribution in [0.4, 0.5) is 11.6 Å². The Bertz CT molecular complexity index is 410. The Morgan fingerprint density at radius 1 is 1.29 bits per heavy atom. The highest BCUT2D eigenvalue weighted by atomic mass is 15.2. The number of nitrogens with zero attached hydrogens (tertiary/aromatic N) is 3. The molecule has 0 aromatic carbocycles. The van der Waals surface area contributed by atoms with Gasteiger partial charge in [-0.25, -0.2) is 9.97 Å². The van der Waals surface area contributed by atoms with Gasteiger partial charge in [-0.15, -0.1) is 0 Å². The quantitative estimate of drug-likeness (QED) is 0.845. The zero-order chi connectivity index (χ0) is 11.8. The molecule has 0 radical (unpaired) electrons. The third-order valence-corrected chi connectivity index (χ3v) is 3.71. The maximum atomic E-state index is 4.50. The number of nitrogens with one attached hydrogen (secondary N) is 1. The maximum Gasteiger partial charge on any atom is 0.137 e. The minimum absolute atomic E-state index is 0.730. The molecule has 4 nitrogen and oxygen atoms in total. The molecule has 1 heterocycles. The number of aromatic nitrogens is 2. The normalized spacial score (nSPS) is 19.2. The van der Waals surface area contributed by atoms with Crippen LogP contribution >= 0.6 is 0 Å². The van der Waals surface area contributed by atoms with Crippen LogP contribution in [-0.4, -0.2) is 29.6 Å². The van der Waals surface area contributed by atoms with E-state index in [9.17, 15) is 0 Å². The van der Waals surface area contributed by atoms with Crippen molar-refractivity contribution in [1.29, 1.82) is 0 Å². The summed E-state index contributed by atoms with van der Waals surface area (Å²) < 4.78 is 0. The summed E-state index contributed by atoms with van der Waals surface area (Å²) in [6.45, 7) is 3.30. The van der Waals surface area contributed by atoms with Crippen molar-refractivity contribution in [2.75, 3.05) is 23.8 Å². The Kier molecular flexibility index (Phi) is 2.65. The maximum absolute atomic E-state index is 4.50. The number of rotatable bonds is 5. The molecule has 92 valence electrons. The predicted molar refractivity (Wildman–Crippen MR) is 69.4 cm³/mol. The van der Waals surface area contributed by atoms with Crippen LogP contribution < -0.4 is 10.2 Å². The van der Waals surface area contributed by atoms with Gasteiger partial charge in [-0.05, 0) is 38.5 Å². The zero-order valence-corrected chi connectivity index (χ0v) is 10.6. The zero-order valence-electron chi connectivity index (χ0n) is 10.6. The van der Waals surface area contributed by atoms with Crippen LogP contribution in [0, 0.1) is 12.8 Å². The lowest BCUT2D eigenvalue weighted by Crippen LogP contribution is -2.30. The number of hydrogen-bond donors (Lipinski definition) is 1. The first-order valence-corrected chi connectivity index (χ1v) is 6.55. The molecule has 2 saturated carbocycles. The van der Waals surface area contributed by atoms with E-state index in [1.54, 1.807) is 6.33 Å². The second-order valence-corrected chi connectivity index (χ2v) is 5.25. The van der Waals surface area contributed by atoms with Crippen molar-refractivity contribution in [2.45, 2.75) is 38.6 Å². The number of hydrogen-bond acceptors (Lipinski definition) is 4. The van der Waals surface area contributed by atoms with Crippen LogP contribution in [-0.2, 0) is 0 Å². The van der Waals surface area contributed by atoms with Gasteiger partial charge in [-0.2, -0.15) is 0 Å². The molecule has 0 bridgehead atoms. The summed E-state index contributed by atoms with van der Waals surface area (Å²) in [6, 6.07) is 0.730. The highest BCUT2D eigenvalue weighted by Crippen LogP contribution is 2.38. The van der Waals surface area contributed by atoms with E-state index in [0.29, 0.717) is 0 Å². The van der Waals surface area contributed by atoms with E-state index in [1.165, 1.54) is 37.8 Å². The molecule has 1 aromatic rings. The van der Waals surface area contributed by atoms with Crippen LogP contribution in [0.1, 0.15) is 31.2 Å². The van der Waals surface area contributed by atoms with Gasteiger partial charge in [0.05, 0.1) is 0 Å². The summed E-state index contributed by atoms with van der Waals surface area (Å²) in [5.74, 6) is 3.00. The molecule has 0 saturated heterocycles. The average molecular weight is 232 g/mol. The fraction of sp³-hybridized carbons (Fsp3) is 0.692. The van der Waals surface area contributed by atoms with Crippen molar-refractivity contribution in [1.82, 2.24) is 9.97 Å². The van der Waals surface area contributed by atoms with Crippen LogP contribution in [0.3, 0.4) is 0 Å². The SMILES string of the molecule is CNc1ncnc(N(CC2CC2)C2CC2)c1C. The van der Waals surface area contributed by atoms with Crippen molar-refractivity contribution in [2.24, 2.45) is 5.92 Å². The summed E-state index contributed by atoms with van der Waals surface area (Å²) in [6.07, 6.45) is 7.12. The summed E-state index contributed by atoms with van der Waals surface area (Å²) >= 11 is 0. The van der Waals surface area contributed by atoms with E-state index in [2.05, 4.69) is 27.1 Å². The van der Waals surface area contributed by atoms with Crippen LogP contribution in [0.25, 0.3) is 0 Å². The lowest BCUT2D eigenvalue weighted by atomic mass is 10.2. The Balaban J connectivity index is 1.88. The molecule has 0 aliphatic heterocycles. The standard InChI is InChI=1S/C13H20N4/c1-9-12(14-2)15-8-16-13(9)17(11-5-6-11)7-10-3-4-10/h8,10-11H,3-7H2,1-2H3,(H,14,15,16). The van der Waals surface area contributed by atoms with Gasteiger partial charge in [0.15, 0.2) is 0 Å². The van der Waals surface area contributed by atoms with Gasteiger partial charge < -0.3 is 10.2 Å². The van der Waals surface area contributed by atoms with Crippen molar-refractivity contribution in [3.05, 3.63) is 11.9 Å². The second-order valence-electron chi connectivity index (χ2n) is 5.25. The fourth-order valence-corrected chi connectivity index (χ4v) is 2.36. The molecule has 2 fully saturated rings. The Hall–Kier alpha value is -1.32. The summed E-state index contributed by atoms with van der Waals surface area (Å²) in [5.41, 5.74) is 1.18. The van der Waals surface area contributed by atoms with Crippen molar-refractivity contribution < 1.29 is 0 Å². The first kappa shape index (κ1) is 10.8. The molecule has 2 aliphatic rings. The topological polar surface area (TPSA) is 41.1 Å². The summed E-state index contributed by atoms with van der Waals surface area (Å²) in [7, 11) is 1.92. The molecule has 3 rings (SSSR count). The van der Waals surface area contributed by atoms with Crippen molar-refractivity contribution in [3.63, 3.8) is 0 Å². The van der Waals surface area contributed by atoms with Crippen molar-refractivity contribution in [3.8, 4) is 0 Å². The summed E-state index contributed by atoms with van der Waals surface area (Å²) in [4.78, 5) is 11.3. The molecular weight excluding hydrogens is 212 g/mol. The average Bonchev–Trinajstić information content (AvgIpc) is 3.19. The second kappa shape index (κ2) is 4.17. The predicted octanol–water partition coefficient (Wildman–Crippen LogP) is 2.21.